The number of carbonyl (C=O) groups excluding carboxylic acids is 2. The van der Waals surface area contributed by atoms with Gasteiger partial charge in [0.15, 0.2) is 0 Å². The van der Waals surface area contributed by atoms with Gasteiger partial charge in [-0.25, -0.2) is 0 Å². The van der Waals surface area contributed by atoms with E-state index >= 15 is 0 Å². The quantitative estimate of drug-likeness (QED) is 0.836. The van der Waals surface area contributed by atoms with E-state index in [4.69, 9.17) is 0 Å². The van der Waals surface area contributed by atoms with Crippen molar-refractivity contribution in [3.8, 4) is 0 Å². The number of carbonyl (C=O) groups is 2. The number of hydrogen-bond acceptors (Lipinski definition) is 3. The number of Topliss-reactive ketones (excluding diaryl/α,β-unsaturated/α-hetero) is 1. The van der Waals surface area contributed by atoms with E-state index in [9.17, 15) is 22.8 Å². The fraction of sp³-hybridized carbons (Fsp3) is 0.375. The van der Waals surface area contributed by atoms with Gasteiger partial charge in [-0.05, 0) is 44.7 Å². The summed E-state index contributed by atoms with van der Waals surface area (Å²) in [7, 11) is 0. The van der Waals surface area contributed by atoms with Gasteiger partial charge in [0.05, 0.1) is 0 Å². The number of hydrogen-bond donors (Lipinski definition) is 2. The molecule has 0 bridgehead atoms. The van der Waals surface area contributed by atoms with Gasteiger partial charge >= 0.3 is 6.18 Å². The predicted octanol–water partition coefficient (Wildman–Crippen LogP) is 3.19. The Morgan fingerprint density at radius 3 is 2.48 bits per heavy atom. The highest BCUT2D eigenvalue weighted by Gasteiger charge is 2.42. The van der Waals surface area contributed by atoms with Gasteiger partial charge in [-0.2, -0.15) is 13.2 Å². The average molecular weight is 326 g/mol. The molecule has 0 fully saturated rings. The van der Waals surface area contributed by atoms with Crippen LogP contribution in [0.1, 0.15) is 41.6 Å². The second-order valence-electron chi connectivity index (χ2n) is 5.44. The monoisotopic (exact) mass is 326 g/mol. The van der Waals surface area contributed by atoms with Crippen molar-refractivity contribution in [2.45, 2.75) is 38.8 Å². The molecule has 0 spiro atoms. The van der Waals surface area contributed by atoms with Crippen LogP contribution in [0.4, 0.5) is 13.2 Å². The third-order valence-electron chi connectivity index (χ3n) is 3.61. The van der Waals surface area contributed by atoms with Gasteiger partial charge in [0.2, 0.25) is 0 Å². The lowest BCUT2D eigenvalue weighted by atomic mass is 9.93. The molecule has 0 saturated carbocycles. The number of alkyl halides is 3. The number of amides is 1. The van der Waals surface area contributed by atoms with Crippen molar-refractivity contribution in [3.05, 3.63) is 46.7 Å². The molecule has 1 aromatic carbocycles. The molecule has 124 valence electrons. The van der Waals surface area contributed by atoms with E-state index in [2.05, 4.69) is 10.9 Å². The zero-order valence-electron chi connectivity index (χ0n) is 12.6. The summed E-state index contributed by atoms with van der Waals surface area (Å²) in [6, 6.07) is 6.80. The van der Waals surface area contributed by atoms with Crippen LogP contribution in [-0.4, -0.2) is 17.9 Å². The van der Waals surface area contributed by atoms with E-state index in [1.54, 1.807) is 18.2 Å². The van der Waals surface area contributed by atoms with E-state index in [1.165, 1.54) is 0 Å². The van der Waals surface area contributed by atoms with Crippen molar-refractivity contribution < 1.29 is 22.8 Å². The first kappa shape index (κ1) is 17.1. The Kier molecular flexibility index (Phi) is 5.08. The van der Waals surface area contributed by atoms with E-state index in [-0.39, 0.29) is 17.7 Å². The Morgan fingerprint density at radius 2 is 1.83 bits per heavy atom. The van der Waals surface area contributed by atoms with E-state index in [0.717, 1.165) is 5.56 Å². The first-order valence-corrected chi connectivity index (χ1v) is 7.25. The molecule has 23 heavy (non-hydrogen) atoms. The van der Waals surface area contributed by atoms with Crippen molar-refractivity contribution in [3.63, 3.8) is 0 Å². The zero-order chi connectivity index (χ0) is 17.0. The van der Waals surface area contributed by atoms with Gasteiger partial charge in [-0.3, -0.25) is 15.0 Å². The number of halogens is 3. The maximum Gasteiger partial charge on any atom is 0.454 e. The molecule has 0 unspecified atom stereocenters. The lowest BCUT2D eigenvalue weighted by Gasteiger charge is -2.22. The summed E-state index contributed by atoms with van der Waals surface area (Å²) in [6.07, 6.45) is -3.36. The summed E-state index contributed by atoms with van der Waals surface area (Å²) < 4.78 is 37.8. The van der Waals surface area contributed by atoms with Gasteiger partial charge in [0.25, 0.3) is 11.7 Å². The van der Waals surface area contributed by atoms with E-state index in [1.807, 2.05) is 13.0 Å². The largest absolute Gasteiger partial charge is 0.454 e. The number of ketones is 1. The molecule has 0 aromatic heterocycles. The third kappa shape index (κ3) is 4.34. The molecule has 0 atom stereocenters. The van der Waals surface area contributed by atoms with Crippen LogP contribution in [0.2, 0.25) is 0 Å². The summed E-state index contributed by atoms with van der Waals surface area (Å²) in [4.78, 5) is 23.5. The lowest BCUT2D eigenvalue weighted by molar-refractivity contribution is -0.166. The lowest BCUT2D eigenvalue weighted by Crippen LogP contribution is -2.39. The highest BCUT2D eigenvalue weighted by Crippen LogP contribution is 2.29. The molecule has 4 nitrogen and oxygen atoms in total. The molecule has 2 rings (SSSR count). The van der Waals surface area contributed by atoms with Crippen LogP contribution in [0, 0.1) is 6.92 Å². The fourth-order valence-electron chi connectivity index (χ4n) is 2.46. The minimum absolute atomic E-state index is 0.0565. The number of aryl methyl sites for hydroxylation is 1. The number of benzene rings is 1. The maximum atomic E-state index is 12.6. The highest BCUT2D eigenvalue weighted by atomic mass is 19.4. The Balaban J connectivity index is 2.11. The van der Waals surface area contributed by atoms with Gasteiger partial charge in [-0.1, -0.05) is 17.7 Å². The summed E-state index contributed by atoms with van der Waals surface area (Å²) in [5.74, 6) is -2.31. The van der Waals surface area contributed by atoms with Gasteiger partial charge < -0.3 is 5.43 Å². The normalized spacial score (nSPS) is 15.3. The maximum absolute atomic E-state index is 12.6. The SMILES string of the molecule is Cc1cccc(C(=O)NNC2=C(C(=O)C(F)(F)F)CCCC2)c1. The summed E-state index contributed by atoms with van der Waals surface area (Å²) in [5, 5.41) is 0. The summed E-state index contributed by atoms with van der Waals surface area (Å²) in [6.45, 7) is 1.83. The molecule has 7 heteroatoms. The van der Waals surface area contributed by atoms with Crippen molar-refractivity contribution in [1.82, 2.24) is 10.9 Å². The Hall–Kier alpha value is -2.31. The minimum atomic E-state index is -4.90. The topological polar surface area (TPSA) is 58.2 Å². The first-order chi connectivity index (χ1) is 10.8. The van der Waals surface area contributed by atoms with Crippen molar-refractivity contribution in [1.29, 1.82) is 0 Å². The Labute approximate surface area is 131 Å². The van der Waals surface area contributed by atoms with Crippen LogP contribution >= 0.6 is 0 Å². The second kappa shape index (κ2) is 6.85. The molecule has 0 saturated heterocycles. The van der Waals surface area contributed by atoms with Crippen molar-refractivity contribution in [2.24, 2.45) is 0 Å². The molecule has 0 aliphatic heterocycles. The average Bonchev–Trinajstić information content (AvgIpc) is 2.51. The van der Waals surface area contributed by atoms with Crippen LogP contribution in [0.25, 0.3) is 0 Å². The predicted molar refractivity (Wildman–Crippen MR) is 78.3 cm³/mol. The van der Waals surface area contributed by atoms with Gasteiger partial charge in [0.1, 0.15) is 0 Å². The van der Waals surface area contributed by atoms with E-state index in [0.29, 0.717) is 24.8 Å². The zero-order valence-corrected chi connectivity index (χ0v) is 12.6. The third-order valence-corrected chi connectivity index (χ3v) is 3.61. The molecule has 1 aromatic rings. The van der Waals surface area contributed by atoms with Crippen LogP contribution in [0.5, 0.6) is 0 Å². The first-order valence-electron chi connectivity index (χ1n) is 7.25. The molecule has 2 N–H and O–H groups in total. The Bertz CT molecular complexity index is 651. The van der Waals surface area contributed by atoms with Crippen LogP contribution in [-0.2, 0) is 4.79 Å². The molecule has 0 radical (unpaired) electrons. The van der Waals surface area contributed by atoms with Crippen molar-refractivity contribution in [2.75, 3.05) is 0 Å². The second-order valence-corrected chi connectivity index (χ2v) is 5.44. The van der Waals surface area contributed by atoms with Crippen molar-refractivity contribution >= 4 is 11.7 Å². The molecule has 0 heterocycles. The van der Waals surface area contributed by atoms with Crippen LogP contribution < -0.4 is 10.9 Å². The molecule has 1 aliphatic carbocycles. The van der Waals surface area contributed by atoms with Gasteiger partial charge in [0, 0.05) is 16.8 Å². The van der Waals surface area contributed by atoms with Crippen LogP contribution in [0.15, 0.2) is 35.5 Å². The Morgan fingerprint density at radius 1 is 1.13 bits per heavy atom. The number of rotatable bonds is 4. The highest BCUT2D eigenvalue weighted by molar-refractivity contribution is 6.00. The smallest absolute Gasteiger partial charge is 0.302 e. The number of nitrogens with one attached hydrogen (secondary N) is 2. The standard InChI is InChI=1S/C16H17F3N2O2/c1-10-5-4-6-11(9-10)15(23)21-20-13-8-3-2-7-12(13)14(22)16(17,18)19/h4-6,9,20H,2-3,7-8H2,1H3,(H,21,23). The van der Waals surface area contributed by atoms with Gasteiger partial charge in [-0.15, -0.1) is 0 Å². The van der Waals surface area contributed by atoms with Crippen LogP contribution in [0.3, 0.4) is 0 Å². The summed E-state index contributed by atoms with van der Waals surface area (Å²) in [5.41, 5.74) is 5.99. The number of allylic oxidation sites excluding steroid dienone is 2. The molecule has 1 aliphatic rings. The minimum Gasteiger partial charge on any atom is -0.302 e. The fourth-order valence-corrected chi connectivity index (χ4v) is 2.46. The number of hydrazine groups is 1. The molecular weight excluding hydrogens is 309 g/mol. The van der Waals surface area contributed by atoms with E-state index < -0.39 is 17.9 Å². The molecule has 1 amide bonds. The summed E-state index contributed by atoms with van der Waals surface area (Å²) >= 11 is 0. The molecular formula is C16H17F3N2O2.